The molecule has 0 aliphatic carbocycles. The zero-order chi connectivity index (χ0) is 11.3. The fourth-order valence-electron chi connectivity index (χ4n) is 1.57. The molecule has 84 valence electrons. The first-order chi connectivity index (χ1) is 6.97. The van der Waals surface area contributed by atoms with E-state index in [0.29, 0.717) is 6.54 Å². The van der Waals surface area contributed by atoms with Crippen LogP contribution in [0.2, 0.25) is 0 Å². The second kappa shape index (κ2) is 5.17. The number of benzene rings is 1. The predicted molar refractivity (Wildman–Crippen MR) is 65.0 cm³/mol. The molecule has 0 amide bonds. The summed E-state index contributed by atoms with van der Waals surface area (Å²) in [6.45, 7) is 7.03. The highest BCUT2D eigenvalue weighted by atomic mass is 16.3. The highest BCUT2D eigenvalue weighted by molar-refractivity contribution is 5.42. The summed E-state index contributed by atoms with van der Waals surface area (Å²) in [5.41, 5.74) is 1.24. The van der Waals surface area contributed by atoms with Gasteiger partial charge in [-0.1, -0.05) is 39.0 Å². The van der Waals surface area contributed by atoms with Crippen LogP contribution in [-0.2, 0) is 0 Å². The molecule has 1 aromatic rings. The molecule has 0 saturated heterocycles. The summed E-state index contributed by atoms with van der Waals surface area (Å²) < 4.78 is 0. The molecule has 0 aliphatic heterocycles. The third-order valence-corrected chi connectivity index (χ3v) is 2.16. The minimum atomic E-state index is -0.287. The Balaban J connectivity index is 2.32. The molecule has 0 saturated carbocycles. The molecular weight excluding hydrogens is 186 g/mol. The number of anilines is 1. The van der Waals surface area contributed by atoms with E-state index in [9.17, 15) is 5.11 Å². The maximum absolute atomic E-state index is 9.78. The van der Waals surface area contributed by atoms with Crippen molar-refractivity contribution in [2.45, 2.75) is 33.3 Å². The highest BCUT2D eigenvalue weighted by Crippen LogP contribution is 2.20. The zero-order valence-electron chi connectivity index (χ0n) is 9.83. The van der Waals surface area contributed by atoms with Crippen LogP contribution >= 0.6 is 0 Å². The number of para-hydroxylation sites is 1. The monoisotopic (exact) mass is 207 g/mol. The van der Waals surface area contributed by atoms with Crippen molar-refractivity contribution >= 4 is 5.69 Å². The smallest absolute Gasteiger partial charge is 0.0717 e. The minimum absolute atomic E-state index is 0.178. The SMILES string of the molecule is CC(C)(C)CC(O)CNc1ccccc1. The Kier molecular flexibility index (Phi) is 4.15. The summed E-state index contributed by atoms with van der Waals surface area (Å²) in [6, 6.07) is 9.96. The van der Waals surface area contributed by atoms with Crippen molar-refractivity contribution in [3.63, 3.8) is 0 Å². The van der Waals surface area contributed by atoms with Crippen LogP contribution < -0.4 is 5.32 Å². The van der Waals surface area contributed by atoms with E-state index < -0.39 is 0 Å². The van der Waals surface area contributed by atoms with E-state index in [4.69, 9.17) is 0 Å². The maximum Gasteiger partial charge on any atom is 0.0717 e. The Hall–Kier alpha value is -1.02. The van der Waals surface area contributed by atoms with Gasteiger partial charge in [-0.05, 0) is 24.0 Å². The van der Waals surface area contributed by atoms with Crippen LogP contribution in [0.1, 0.15) is 27.2 Å². The van der Waals surface area contributed by atoms with Gasteiger partial charge >= 0.3 is 0 Å². The van der Waals surface area contributed by atoms with Gasteiger partial charge < -0.3 is 10.4 Å². The number of aliphatic hydroxyl groups excluding tert-OH is 1. The van der Waals surface area contributed by atoms with Crippen molar-refractivity contribution in [3.8, 4) is 0 Å². The van der Waals surface area contributed by atoms with Crippen LogP contribution in [0.4, 0.5) is 5.69 Å². The van der Waals surface area contributed by atoms with E-state index in [2.05, 4.69) is 26.1 Å². The first-order valence-electron chi connectivity index (χ1n) is 5.44. The second-order valence-corrected chi connectivity index (χ2v) is 5.17. The first kappa shape index (κ1) is 12.1. The van der Waals surface area contributed by atoms with Crippen molar-refractivity contribution in [2.75, 3.05) is 11.9 Å². The number of aliphatic hydroxyl groups is 1. The lowest BCUT2D eigenvalue weighted by Crippen LogP contribution is -2.25. The third-order valence-electron chi connectivity index (χ3n) is 2.16. The van der Waals surface area contributed by atoms with Gasteiger partial charge in [0.1, 0.15) is 0 Å². The predicted octanol–water partition coefficient (Wildman–Crippen LogP) is 2.90. The zero-order valence-corrected chi connectivity index (χ0v) is 9.83. The Bertz CT molecular complexity index is 276. The molecular formula is C13H21NO. The summed E-state index contributed by atoms with van der Waals surface area (Å²) in [5, 5.41) is 13.0. The molecule has 0 aromatic heterocycles. The van der Waals surface area contributed by atoms with Crippen molar-refractivity contribution in [1.29, 1.82) is 0 Å². The molecule has 15 heavy (non-hydrogen) atoms. The lowest BCUT2D eigenvalue weighted by molar-refractivity contribution is 0.132. The maximum atomic E-state index is 9.78. The van der Waals surface area contributed by atoms with Gasteiger partial charge in [0, 0.05) is 12.2 Å². The molecule has 1 rings (SSSR count). The largest absolute Gasteiger partial charge is 0.391 e. The van der Waals surface area contributed by atoms with Gasteiger partial charge in [-0.3, -0.25) is 0 Å². The van der Waals surface area contributed by atoms with Gasteiger partial charge in [0.15, 0.2) is 0 Å². The van der Waals surface area contributed by atoms with E-state index in [1.54, 1.807) is 0 Å². The molecule has 0 radical (unpaired) electrons. The average molecular weight is 207 g/mol. The topological polar surface area (TPSA) is 32.3 Å². The van der Waals surface area contributed by atoms with Crippen molar-refractivity contribution < 1.29 is 5.11 Å². The lowest BCUT2D eigenvalue weighted by atomic mass is 9.89. The second-order valence-electron chi connectivity index (χ2n) is 5.17. The first-order valence-corrected chi connectivity index (χ1v) is 5.44. The number of nitrogens with one attached hydrogen (secondary N) is 1. The van der Waals surface area contributed by atoms with Crippen molar-refractivity contribution in [2.24, 2.45) is 5.41 Å². The van der Waals surface area contributed by atoms with Gasteiger partial charge in [0.05, 0.1) is 6.10 Å². The normalized spacial score (nSPS) is 13.6. The summed E-state index contributed by atoms with van der Waals surface area (Å²) in [4.78, 5) is 0. The molecule has 0 fully saturated rings. The molecule has 0 aliphatic rings. The molecule has 2 heteroatoms. The fourth-order valence-corrected chi connectivity index (χ4v) is 1.57. The number of hydrogen-bond acceptors (Lipinski definition) is 2. The summed E-state index contributed by atoms with van der Waals surface area (Å²) in [6.07, 6.45) is 0.525. The van der Waals surface area contributed by atoms with E-state index in [1.807, 2.05) is 30.3 Å². The van der Waals surface area contributed by atoms with Crippen LogP contribution in [0, 0.1) is 5.41 Å². The third kappa shape index (κ3) is 5.43. The molecule has 0 heterocycles. The Morgan fingerprint density at radius 2 is 1.80 bits per heavy atom. The van der Waals surface area contributed by atoms with Gasteiger partial charge in [0.25, 0.3) is 0 Å². The van der Waals surface area contributed by atoms with Gasteiger partial charge in [-0.25, -0.2) is 0 Å². The van der Waals surface area contributed by atoms with Crippen LogP contribution in [0.3, 0.4) is 0 Å². The summed E-state index contributed by atoms with van der Waals surface area (Å²) in [7, 11) is 0. The Morgan fingerprint density at radius 3 is 2.33 bits per heavy atom. The molecule has 0 spiro atoms. The van der Waals surface area contributed by atoms with Crippen LogP contribution in [-0.4, -0.2) is 17.8 Å². The van der Waals surface area contributed by atoms with Gasteiger partial charge in [0.2, 0.25) is 0 Å². The van der Waals surface area contributed by atoms with E-state index in [1.165, 1.54) is 0 Å². The van der Waals surface area contributed by atoms with E-state index >= 15 is 0 Å². The van der Waals surface area contributed by atoms with Crippen molar-refractivity contribution in [3.05, 3.63) is 30.3 Å². The van der Waals surface area contributed by atoms with Crippen LogP contribution in [0.5, 0.6) is 0 Å². The van der Waals surface area contributed by atoms with Gasteiger partial charge in [-0.2, -0.15) is 0 Å². The Morgan fingerprint density at radius 1 is 1.20 bits per heavy atom. The lowest BCUT2D eigenvalue weighted by Gasteiger charge is -2.22. The van der Waals surface area contributed by atoms with Gasteiger partial charge in [-0.15, -0.1) is 0 Å². The molecule has 1 atom stereocenters. The highest BCUT2D eigenvalue weighted by Gasteiger charge is 2.16. The molecule has 0 bridgehead atoms. The molecule has 1 unspecified atom stereocenters. The number of hydrogen-bond donors (Lipinski definition) is 2. The molecule has 2 N–H and O–H groups in total. The summed E-state index contributed by atoms with van der Waals surface area (Å²) >= 11 is 0. The standard InChI is InChI=1S/C13H21NO/c1-13(2,3)9-12(15)10-14-11-7-5-4-6-8-11/h4-8,12,14-15H,9-10H2,1-3H3. The quantitative estimate of drug-likeness (QED) is 0.795. The van der Waals surface area contributed by atoms with Crippen LogP contribution in [0.25, 0.3) is 0 Å². The van der Waals surface area contributed by atoms with Crippen molar-refractivity contribution in [1.82, 2.24) is 0 Å². The van der Waals surface area contributed by atoms with Crippen LogP contribution in [0.15, 0.2) is 30.3 Å². The summed E-state index contributed by atoms with van der Waals surface area (Å²) in [5.74, 6) is 0. The Labute approximate surface area is 92.3 Å². The average Bonchev–Trinajstić information content (AvgIpc) is 2.14. The minimum Gasteiger partial charge on any atom is -0.391 e. The number of rotatable bonds is 4. The fraction of sp³-hybridized carbons (Fsp3) is 0.538. The van der Waals surface area contributed by atoms with E-state index in [-0.39, 0.29) is 11.5 Å². The molecule has 2 nitrogen and oxygen atoms in total. The molecule has 1 aromatic carbocycles. The van der Waals surface area contributed by atoms with E-state index in [0.717, 1.165) is 12.1 Å².